The molecule has 0 bridgehead atoms. The molecule has 6 heteroatoms. The molecule has 0 radical (unpaired) electrons. The first-order valence-electron chi connectivity index (χ1n) is 5.50. The summed E-state index contributed by atoms with van der Waals surface area (Å²) < 4.78 is 5.31. The summed E-state index contributed by atoms with van der Waals surface area (Å²) in [6, 6.07) is 6.61. The van der Waals surface area contributed by atoms with Crippen LogP contribution in [0.1, 0.15) is 6.92 Å². The molecule has 2 aromatic rings. The van der Waals surface area contributed by atoms with Gasteiger partial charge in [0.2, 0.25) is 0 Å². The van der Waals surface area contributed by atoms with Gasteiger partial charge < -0.3 is 15.3 Å². The quantitative estimate of drug-likeness (QED) is 0.559. The number of hydrogen-bond acceptors (Lipinski definition) is 6. The van der Waals surface area contributed by atoms with Crippen molar-refractivity contribution in [1.82, 2.24) is 9.97 Å². The van der Waals surface area contributed by atoms with Crippen molar-refractivity contribution < 1.29 is 9.84 Å². The zero-order valence-corrected chi connectivity index (χ0v) is 9.92. The van der Waals surface area contributed by atoms with E-state index < -0.39 is 0 Å². The third-order valence-electron chi connectivity index (χ3n) is 2.32. The van der Waals surface area contributed by atoms with Crippen molar-refractivity contribution in [3.05, 3.63) is 30.5 Å². The van der Waals surface area contributed by atoms with E-state index in [1.54, 1.807) is 30.5 Å². The largest absolute Gasteiger partial charge is 0.504 e. The molecule has 2 rings (SSSR count). The summed E-state index contributed by atoms with van der Waals surface area (Å²) in [4.78, 5) is 8.35. The fourth-order valence-electron chi connectivity index (χ4n) is 1.50. The zero-order chi connectivity index (χ0) is 13.0. The standard InChI is InChI=1S/C12H14N4O2/c1-2-18-10-7-8(3-4-9(10)17)12-14-6-5-11(15-12)16-13/h3-7,17H,2,13H2,1H3,(H,14,15,16). The molecule has 6 nitrogen and oxygen atoms in total. The fourth-order valence-corrected chi connectivity index (χ4v) is 1.50. The molecule has 4 N–H and O–H groups in total. The number of hydrogen-bond donors (Lipinski definition) is 3. The van der Waals surface area contributed by atoms with Crippen molar-refractivity contribution in [1.29, 1.82) is 0 Å². The molecule has 0 aliphatic rings. The van der Waals surface area contributed by atoms with E-state index in [9.17, 15) is 5.11 Å². The molecule has 0 spiro atoms. The monoisotopic (exact) mass is 246 g/mol. The van der Waals surface area contributed by atoms with Gasteiger partial charge in [-0.25, -0.2) is 15.8 Å². The maximum absolute atomic E-state index is 9.62. The summed E-state index contributed by atoms with van der Waals surface area (Å²) in [5.41, 5.74) is 3.20. The molecule has 0 aliphatic heterocycles. The second kappa shape index (κ2) is 5.33. The number of hydrazine groups is 1. The Balaban J connectivity index is 2.40. The van der Waals surface area contributed by atoms with Crippen LogP contribution in [0.3, 0.4) is 0 Å². The molecule has 0 amide bonds. The lowest BCUT2D eigenvalue weighted by Gasteiger charge is -2.08. The lowest BCUT2D eigenvalue weighted by atomic mass is 10.2. The predicted octanol–water partition coefficient (Wildman–Crippen LogP) is 1.53. The van der Waals surface area contributed by atoms with Crippen LogP contribution in [0, 0.1) is 0 Å². The maximum Gasteiger partial charge on any atom is 0.161 e. The van der Waals surface area contributed by atoms with Gasteiger partial charge in [0, 0.05) is 17.8 Å². The lowest BCUT2D eigenvalue weighted by molar-refractivity contribution is 0.318. The van der Waals surface area contributed by atoms with E-state index in [1.165, 1.54) is 0 Å². The molecule has 0 saturated heterocycles. The minimum Gasteiger partial charge on any atom is -0.504 e. The summed E-state index contributed by atoms with van der Waals surface area (Å²) in [7, 11) is 0. The van der Waals surface area contributed by atoms with Crippen LogP contribution in [0.2, 0.25) is 0 Å². The van der Waals surface area contributed by atoms with Gasteiger partial charge in [-0.05, 0) is 25.1 Å². The normalized spacial score (nSPS) is 10.1. The lowest BCUT2D eigenvalue weighted by Crippen LogP contribution is -2.09. The Hall–Kier alpha value is -2.34. The molecule has 0 saturated carbocycles. The number of ether oxygens (including phenoxy) is 1. The van der Waals surface area contributed by atoms with E-state index in [1.807, 2.05) is 6.92 Å². The number of aromatic nitrogens is 2. The van der Waals surface area contributed by atoms with Gasteiger partial charge in [0.15, 0.2) is 17.3 Å². The number of nitrogens with two attached hydrogens (primary N) is 1. The second-order valence-electron chi connectivity index (χ2n) is 3.53. The van der Waals surface area contributed by atoms with Gasteiger partial charge in [-0.2, -0.15) is 0 Å². The van der Waals surface area contributed by atoms with Crippen LogP contribution in [-0.4, -0.2) is 21.7 Å². The zero-order valence-electron chi connectivity index (χ0n) is 9.92. The molecule has 0 atom stereocenters. The second-order valence-corrected chi connectivity index (χ2v) is 3.53. The van der Waals surface area contributed by atoms with Crippen molar-refractivity contribution in [3.63, 3.8) is 0 Å². The Morgan fingerprint density at radius 2 is 2.22 bits per heavy atom. The first-order valence-corrected chi connectivity index (χ1v) is 5.50. The Morgan fingerprint density at radius 3 is 2.94 bits per heavy atom. The molecule has 0 unspecified atom stereocenters. The minimum absolute atomic E-state index is 0.0914. The van der Waals surface area contributed by atoms with E-state index in [0.717, 1.165) is 5.56 Å². The number of nitrogens with zero attached hydrogens (tertiary/aromatic N) is 2. The molecule has 1 aromatic carbocycles. The number of anilines is 1. The number of rotatable bonds is 4. The molecule has 1 aromatic heterocycles. The Bertz CT molecular complexity index is 545. The van der Waals surface area contributed by atoms with E-state index in [0.29, 0.717) is 24.0 Å². The SMILES string of the molecule is CCOc1cc(-c2nccc(NN)n2)ccc1O. The molecule has 0 fully saturated rings. The molecular formula is C12H14N4O2. The van der Waals surface area contributed by atoms with Crippen LogP contribution in [0.25, 0.3) is 11.4 Å². The van der Waals surface area contributed by atoms with E-state index in [4.69, 9.17) is 10.6 Å². The van der Waals surface area contributed by atoms with Gasteiger partial charge in [0.05, 0.1) is 6.61 Å². The number of phenolic OH excluding ortho intramolecular Hbond substituents is 1. The van der Waals surface area contributed by atoms with E-state index in [2.05, 4.69) is 15.4 Å². The Labute approximate surface area is 104 Å². The summed E-state index contributed by atoms with van der Waals surface area (Å²) >= 11 is 0. The summed E-state index contributed by atoms with van der Waals surface area (Å²) in [5, 5.41) is 9.62. The van der Waals surface area contributed by atoms with Crippen LogP contribution in [-0.2, 0) is 0 Å². The Kier molecular flexibility index (Phi) is 3.59. The summed E-state index contributed by atoms with van der Waals surface area (Å²) in [5.74, 6) is 6.82. The summed E-state index contributed by atoms with van der Waals surface area (Å²) in [6.07, 6.45) is 1.60. The minimum atomic E-state index is 0.0914. The third kappa shape index (κ3) is 2.49. The van der Waals surface area contributed by atoms with Crippen LogP contribution in [0.4, 0.5) is 5.82 Å². The van der Waals surface area contributed by atoms with Crippen molar-refractivity contribution in [3.8, 4) is 22.9 Å². The van der Waals surface area contributed by atoms with Crippen LogP contribution in [0.5, 0.6) is 11.5 Å². The number of aromatic hydroxyl groups is 1. The number of nitrogen functional groups attached to an aromatic ring is 1. The van der Waals surface area contributed by atoms with Crippen molar-refractivity contribution >= 4 is 5.82 Å². The number of benzene rings is 1. The highest BCUT2D eigenvalue weighted by atomic mass is 16.5. The molecule has 0 aliphatic carbocycles. The van der Waals surface area contributed by atoms with Crippen molar-refractivity contribution in [2.75, 3.05) is 12.0 Å². The first-order chi connectivity index (χ1) is 8.74. The highest BCUT2D eigenvalue weighted by Gasteiger charge is 2.07. The van der Waals surface area contributed by atoms with Crippen molar-refractivity contribution in [2.45, 2.75) is 6.92 Å². The first kappa shape index (κ1) is 12.1. The van der Waals surface area contributed by atoms with Gasteiger partial charge >= 0.3 is 0 Å². The molecule has 18 heavy (non-hydrogen) atoms. The Morgan fingerprint density at radius 1 is 1.39 bits per heavy atom. The predicted molar refractivity (Wildman–Crippen MR) is 68.1 cm³/mol. The van der Waals surface area contributed by atoms with Crippen LogP contribution in [0.15, 0.2) is 30.5 Å². The van der Waals surface area contributed by atoms with E-state index in [-0.39, 0.29) is 5.75 Å². The maximum atomic E-state index is 9.62. The van der Waals surface area contributed by atoms with Crippen LogP contribution >= 0.6 is 0 Å². The van der Waals surface area contributed by atoms with Gasteiger partial charge in [-0.1, -0.05) is 0 Å². The fraction of sp³-hybridized carbons (Fsp3) is 0.167. The van der Waals surface area contributed by atoms with E-state index >= 15 is 0 Å². The topological polar surface area (TPSA) is 93.3 Å². The smallest absolute Gasteiger partial charge is 0.161 e. The van der Waals surface area contributed by atoms with Gasteiger partial charge in [-0.15, -0.1) is 0 Å². The highest BCUT2D eigenvalue weighted by molar-refractivity contribution is 5.61. The highest BCUT2D eigenvalue weighted by Crippen LogP contribution is 2.30. The average molecular weight is 246 g/mol. The molecular weight excluding hydrogens is 232 g/mol. The number of nitrogens with one attached hydrogen (secondary N) is 1. The van der Waals surface area contributed by atoms with Gasteiger partial charge in [0.25, 0.3) is 0 Å². The van der Waals surface area contributed by atoms with Crippen LogP contribution < -0.4 is 16.0 Å². The molecule has 94 valence electrons. The van der Waals surface area contributed by atoms with Crippen molar-refractivity contribution in [2.24, 2.45) is 5.84 Å². The third-order valence-corrected chi connectivity index (χ3v) is 2.32. The van der Waals surface area contributed by atoms with Gasteiger partial charge in [-0.3, -0.25) is 0 Å². The molecule has 1 heterocycles. The van der Waals surface area contributed by atoms with Gasteiger partial charge in [0.1, 0.15) is 5.82 Å². The summed E-state index contributed by atoms with van der Waals surface area (Å²) in [6.45, 7) is 2.32. The number of phenols is 1. The average Bonchev–Trinajstić information content (AvgIpc) is 2.41.